The molecule has 106 valence electrons. The Kier molecular flexibility index (Phi) is 5.43. The number of halogens is 4. The average Bonchev–Trinajstić information content (AvgIpc) is 2.41. The molecule has 0 aliphatic carbocycles. The second-order valence-electron chi connectivity index (χ2n) is 4.13. The molecule has 2 aromatic carbocycles. The van der Waals surface area contributed by atoms with Gasteiger partial charge in [-0.25, -0.2) is 4.39 Å². The standard InChI is InChI=1S/C14H11Br2ClFNO/c15-10-3-9(6-19)4-11(16)14(10)20-7-8-1-2-13(18)12(17)5-8/h1-5H,6-7,19H2. The SMILES string of the molecule is NCc1cc(Br)c(OCc2ccc(F)c(Cl)c2)c(Br)c1. The van der Waals surface area contributed by atoms with Gasteiger partial charge in [-0.05, 0) is 67.3 Å². The molecule has 0 heterocycles. The first-order valence-electron chi connectivity index (χ1n) is 5.76. The highest BCUT2D eigenvalue weighted by atomic mass is 79.9. The van der Waals surface area contributed by atoms with E-state index in [1.807, 2.05) is 12.1 Å². The molecular weight excluding hydrogens is 412 g/mol. The van der Waals surface area contributed by atoms with Crippen LogP contribution >= 0.6 is 43.5 Å². The van der Waals surface area contributed by atoms with Gasteiger partial charge in [0.2, 0.25) is 0 Å². The number of nitrogens with two attached hydrogens (primary N) is 1. The molecule has 0 saturated heterocycles. The third-order valence-electron chi connectivity index (χ3n) is 2.66. The minimum absolute atomic E-state index is 0.0858. The third kappa shape index (κ3) is 3.73. The van der Waals surface area contributed by atoms with Crippen molar-refractivity contribution in [1.82, 2.24) is 0 Å². The minimum atomic E-state index is -0.440. The van der Waals surface area contributed by atoms with Crippen molar-refractivity contribution in [3.8, 4) is 5.75 Å². The molecule has 0 unspecified atom stereocenters. The summed E-state index contributed by atoms with van der Waals surface area (Å²) < 4.78 is 20.4. The van der Waals surface area contributed by atoms with Crippen molar-refractivity contribution in [2.75, 3.05) is 0 Å². The first-order valence-corrected chi connectivity index (χ1v) is 7.72. The largest absolute Gasteiger partial charge is 0.487 e. The molecule has 0 atom stereocenters. The molecule has 6 heteroatoms. The van der Waals surface area contributed by atoms with Gasteiger partial charge in [-0.3, -0.25) is 0 Å². The monoisotopic (exact) mass is 421 g/mol. The summed E-state index contributed by atoms with van der Waals surface area (Å²) in [7, 11) is 0. The van der Waals surface area contributed by atoms with Gasteiger partial charge in [0.15, 0.2) is 0 Å². The van der Waals surface area contributed by atoms with Gasteiger partial charge in [-0.15, -0.1) is 0 Å². The van der Waals surface area contributed by atoms with Crippen LogP contribution in [-0.4, -0.2) is 0 Å². The van der Waals surface area contributed by atoms with Crippen molar-refractivity contribution in [3.63, 3.8) is 0 Å². The van der Waals surface area contributed by atoms with E-state index in [-0.39, 0.29) is 5.02 Å². The maximum Gasteiger partial charge on any atom is 0.148 e. The first kappa shape index (κ1) is 15.8. The quantitative estimate of drug-likeness (QED) is 0.748. The van der Waals surface area contributed by atoms with E-state index in [4.69, 9.17) is 22.1 Å². The zero-order valence-electron chi connectivity index (χ0n) is 10.3. The van der Waals surface area contributed by atoms with Crippen LogP contribution in [0.15, 0.2) is 39.3 Å². The second kappa shape index (κ2) is 6.89. The van der Waals surface area contributed by atoms with Gasteiger partial charge in [0, 0.05) is 6.54 Å². The molecule has 0 aliphatic rings. The van der Waals surface area contributed by atoms with E-state index in [0.717, 1.165) is 20.1 Å². The molecule has 2 aromatic rings. The molecule has 0 spiro atoms. The molecule has 0 radical (unpaired) electrons. The molecule has 2 rings (SSSR count). The Morgan fingerprint density at radius 1 is 1.10 bits per heavy atom. The molecule has 0 bridgehead atoms. The lowest BCUT2D eigenvalue weighted by molar-refractivity contribution is 0.302. The van der Waals surface area contributed by atoms with E-state index >= 15 is 0 Å². The number of hydrogen-bond acceptors (Lipinski definition) is 2. The summed E-state index contributed by atoms with van der Waals surface area (Å²) in [6.45, 7) is 0.740. The lowest BCUT2D eigenvalue weighted by Crippen LogP contribution is -2.00. The van der Waals surface area contributed by atoms with Crippen molar-refractivity contribution in [2.24, 2.45) is 5.73 Å². The van der Waals surface area contributed by atoms with Crippen LogP contribution < -0.4 is 10.5 Å². The molecule has 0 aliphatic heterocycles. The average molecular weight is 424 g/mol. The Morgan fingerprint density at radius 2 is 1.75 bits per heavy atom. The Morgan fingerprint density at radius 3 is 2.30 bits per heavy atom. The highest BCUT2D eigenvalue weighted by Gasteiger charge is 2.09. The van der Waals surface area contributed by atoms with Crippen molar-refractivity contribution in [1.29, 1.82) is 0 Å². The van der Waals surface area contributed by atoms with E-state index in [1.54, 1.807) is 12.1 Å². The fourth-order valence-corrected chi connectivity index (χ4v) is 3.37. The van der Waals surface area contributed by atoms with Gasteiger partial charge in [-0.1, -0.05) is 17.7 Å². The van der Waals surface area contributed by atoms with E-state index < -0.39 is 5.82 Å². The van der Waals surface area contributed by atoms with Crippen LogP contribution in [0.5, 0.6) is 5.75 Å². The lowest BCUT2D eigenvalue weighted by Gasteiger charge is -2.12. The second-order valence-corrected chi connectivity index (χ2v) is 6.25. The molecule has 2 N–H and O–H groups in total. The fourth-order valence-electron chi connectivity index (χ4n) is 1.65. The Hall–Kier alpha value is -0.620. The predicted octanol–water partition coefficient (Wildman–Crippen LogP) is 5.04. The van der Waals surface area contributed by atoms with Crippen LogP contribution in [0.2, 0.25) is 5.02 Å². The first-order chi connectivity index (χ1) is 9.51. The van der Waals surface area contributed by atoms with Crippen LogP contribution in [0.3, 0.4) is 0 Å². The van der Waals surface area contributed by atoms with Gasteiger partial charge in [0.25, 0.3) is 0 Å². The van der Waals surface area contributed by atoms with Crippen molar-refractivity contribution >= 4 is 43.5 Å². The summed E-state index contributed by atoms with van der Waals surface area (Å²) in [6, 6.07) is 8.31. The Bertz CT molecular complexity index is 614. The highest BCUT2D eigenvalue weighted by molar-refractivity contribution is 9.11. The smallest absolute Gasteiger partial charge is 0.148 e. The number of hydrogen-bond donors (Lipinski definition) is 1. The van der Waals surface area contributed by atoms with Crippen LogP contribution in [-0.2, 0) is 13.2 Å². The summed E-state index contributed by atoms with van der Waals surface area (Å²) in [5, 5.41) is 0.0858. The van der Waals surface area contributed by atoms with Crippen LogP contribution in [0.1, 0.15) is 11.1 Å². The van der Waals surface area contributed by atoms with Crippen molar-refractivity contribution in [2.45, 2.75) is 13.2 Å². The number of rotatable bonds is 4. The number of ether oxygens (including phenoxy) is 1. The summed E-state index contributed by atoms with van der Waals surface area (Å²) in [6.07, 6.45) is 0. The van der Waals surface area contributed by atoms with Gasteiger partial charge in [0.1, 0.15) is 18.2 Å². The zero-order chi connectivity index (χ0) is 14.7. The van der Waals surface area contributed by atoms with Gasteiger partial charge in [-0.2, -0.15) is 0 Å². The minimum Gasteiger partial charge on any atom is -0.487 e. The van der Waals surface area contributed by atoms with Crippen LogP contribution in [0.25, 0.3) is 0 Å². The van der Waals surface area contributed by atoms with E-state index in [1.165, 1.54) is 6.07 Å². The number of benzene rings is 2. The van der Waals surface area contributed by atoms with Crippen LogP contribution in [0.4, 0.5) is 4.39 Å². The lowest BCUT2D eigenvalue weighted by atomic mass is 10.2. The maximum absolute atomic E-state index is 13.1. The Labute approximate surface area is 138 Å². The maximum atomic E-state index is 13.1. The van der Waals surface area contributed by atoms with E-state index in [2.05, 4.69) is 31.9 Å². The fraction of sp³-hybridized carbons (Fsp3) is 0.143. The Balaban J connectivity index is 2.16. The molecule has 20 heavy (non-hydrogen) atoms. The highest BCUT2D eigenvalue weighted by Crippen LogP contribution is 2.35. The molecule has 0 fully saturated rings. The summed E-state index contributed by atoms with van der Waals surface area (Å²) in [5.74, 6) is 0.229. The van der Waals surface area contributed by atoms with Crippen molar-refractivity contribution in [3.05, 3.63) is 61.2 Å². The van der Waals surface area contributed by atoms with Gasteiger partial charge in [0.05, 0.1) is 14.0 Å². The summed E-state index contributed by atoms with van der Waals surface area (Å²) >= 11 is 12.6. The van der Waals surface area contributed by atoms with E-state index in [0.29, 0.717) is 18.9 Å². The molecule has 2 nitrogen and oxygen atoms in total. The predicted molar refractivity (Wildman–Crippen MR) is 85.5 cm³/mol. The van der Waals surface area contributed by atoms with Crippen LogP contribution in [0, 0.1) is 5.82 Å². The van der Waals surface area contributed by atoms with Crippen molar-refractivity contribution < 1.29 is 9.13 Å². The zero-order valence-corrected chi connectivity index (χ0v) is 14.2. The van der Waals surface area contributed by atoms with Gasteiger partial charge < -0.3 is 10.5 Å². The molecule has 0 aromatic heterocycles. The normalized spacial score (nSPS) is 10.7. The third-order valence-corrected chi connectivity index (χ3v) is 4.13. The topological polar surface area (TPSA) is 35.2 Å². The molecule has 0 saturated carbocycles. The summed E-state index contributed by atoms with van der Waals surface area (Å²) in [5.41, 5.74) is 7.38. The summed E-state index contributed by atoms with van der Waals surface area (Å²) in [4.78, 5) is 0. The molecule has 0 amide bonds. The molecular formula is C14H11Br2ClFNO. The van der Waals surface area contributed by atoms with Gasteiger partial charge >= 0.3 is 0 Å². The van der Waals surface area contributed by atoms with E-state index in [9.17, 15) is 4.39 Å².